The molecule has 0 radical (unpaired) electrons. The van der Waals surface area contributed by atoms with Crippen LogP contribution in [0.4, 0.5) is 8.78 Å². The van der Waals surface area contributed by atoms with Crippen molar-refractivity contribution in [2.75, 3.05) is 0 Å². The molecule has 0 saturated heterocycles. The Morgan fingerprint density at radius 2 is 2.25 bits per heavy atom. The van der Waals surface area contributed by atoms with Crippen molar-refractivity contribution in [1.82, 2.24) is 4.98 Å². The molecule has 0 aliphatic heterocycles. The minimum absolute atomic E-state index is 0.0813. The lowest BCUT2D eigenvalue weighted by Gasteiger charge is -2.03. The SMILES string of the molecule is OCc1cc(C(F)F)c(Cl)cn1. The summed E-state index contributed by atoms with van der Waals surface area (Å²) >= 11 is 5.42. The zero-order valence-electron chi connectivity index (χ0n) is 5.97. The fourth-order valence-electron chi connectivity index (χ4n) is 0.754. The number of aliphatic hydroxyl groups excluding tert-OH is 1. The Morgan fingerprint density at radius 1 is 1.58 bits per heavy atom. The van der Waals surface area contributed by atoms with Crippen molar-refractivity contribution in [3.8, 4) is 0 Å². The van der Waals surface area contributed by atoms with Crippen molar-refractivity contribution in [2.24, 2.45) is 0 Å². The van der Waals surface area contributed by atoms with Crippen LogP contribution in [0, 0.1) is 0 Å². The molecule has 0 atom stereocenters. The summed E-state index contributed by atoms with van der Waals surface area (Å²) in [5, 5.41) is 8.50. The predicted octanol–water partition coefficient (Wildman–Crippen LogP) is 2.16. The Kier molecular flexibility index (Phi) is 2.94. The van der Waals surface area contributed by atoms with Crippen LogP contribution in [0.2, 0.25) is 5.02 Å². The van der Waals surface area contributed by atoms with Gasteiger partial charge in [0, 0.05) is 11.8 Å². The van der Waals surface area contributed by atoms with Crippen LogP contribution in [-0.2, 0) is 6.61 Å². The van der Waals surface area contributed by atoms with Gasteiger partial charge in [-0.1, -0.05) is 11.6 Å². The number of alkyl halides is 2. The Morgan fingerprint density at radius 3 is 2.75 bits per heavy atom. The molecule has 0 amide bonds. The summed E-state index contributed by atoms with van der Waals surface area (Å²) < 4.78 is 24.3. The van der Waals surface area contributed by atoms with Gasteiger partial charge in [0.15, 0.2) is 0 Å². The highest BCUT2D eigenvalue weighted by molar-refractivity contribution is 6.31. The van der Waals surface area contributed by atoms with E-state index >= 15 is 0 Å². The first-order valence-electron chi connectivity index (χ1n) is 3.18. The van der Waals surface area contributed by atoms with Crippen LogP contribution in [0.25, 0.3) is 0 Å². The van der Waals surface area contributed by atoms with E-state index in [1.54, 1.807) is 0 Å². The van der Waals surface area contributed by atoms with Crippen molar-refractivity contribution in [2.45, 2.75) is 13.0 Å². The van der Waals surface area contributed by atoms with Gasteiger partial charge in [-0.15, -0.1) is 0 Å². The lowest BCUT2D eigenvalue weighted by molar-refractivity contribution is 0.151. The van der Waals surface area contributed by atoms with Crippen LogP contribution >= 0.6 is 11.6 Å². The number of hydrogen-bond donors (Lipinski definition) is 1. The smallest absolute Gasteiger partial charge is 0.265 e. The van der Waals surface area contributed by atoms with Crippen LogP contribution < -0.4 is 0 Å². The first-order chi connectivity index (χ1) is 5.65. The molecule has 66 valence electrons. The average Bonchev–Trinajstić information content (AvgIpc) is 2.05. The third kappa shape index (κ3) is 1.89. The summed E-state index contributed by atoms with van der Waals surface area (Å²) in [7, 11) is 0. The summed E-state index contributed by atoms with van der Waals surface area (Å²) in [6.07, 6.45) is -1.53. The van der Waals surface area contributed by atoms with Crippen LogP contribution in [0.15, 0.2) is 12.3 Å². The molecular formula is C7H6ClF2NO. The summed E-state index contributed by atoms with van der Waals surface area (Å²) in [4.78, 5) is 3.62. The fraction of sp³-hybridized carbons (Fsp3) is 0.286. The standard InChI is InChI=1S/C7H6ClF2NO/c8-6-2-11-4(3-12)1-5(6)7(9)10/h1-2,7,12H,3H2. The minimum Gasteiger partial charge on any atom is -0.390 e. The van der Waals surface area contributed by atoms with E-state index in [0.717, 1.165) is 12.3 Å². The van der Waals surface area contributed by atoms with E-state index in [4.69, 9.17) is 16.7 Å². The highest BCUT2D eigenvalue weighted by Gasteiger charge is 2.12. The third-order valence-corrected chi connectivity index (χ3v) is 1.65. The molecule has 0 saturated carbocycles. The van der Waals surface area contributed by atoms with Gasteiger partial charge in [0.25, 0.3) is 6.43 Å². The number of halogens is 3. The van der Waals surface area contributed by atoms with E-state index < -0.39 is 6.43 Å². The number of aliphatic hydroxyl groups is 1. The van der Waals surface area contributed by atoms with Crippen LogP contribution in [0.1, 0.15) is 17.7 Å². The molecule has 0 unspecified atom stereocenters. The van der Waals surface area contributed by atoms with E-state index in [1.165, 1.54) is 0 Å². The van der Waals surface area contributed by atoms with Crippen molar-refractivity contribution in [3.63, 3.8) is 0 Å². The molecule has 5 heteroatoms. The molecule has 1 N–H and O–H groups in total. The van der Waals surface area contributed by atoms with Gasteiger partial charge in [0.05, 0.1) is 17.3 Å². The van der Waals surface area contributed by atoms with Crippen LogP contribution in [0.5, 0.6) is 0 Å². The van der Waals surface area contributed by atoms with E-state index in [2.05, 4.69) is 4.98 Å². The van der Waals surface area contributed by atoms with Gasteiger partial charge in [0.2, 0.25) is 0 Å². The van der Waals surface area contributed by atoms with E-state index in [0.29, 0.717) is 0 Å². The van der Waals surface area contributed by atoms with Crippen LogP contribution in [-0.4, -0.2) is 10.1 Å². The molecule has 12 heavy (non-hydrogen) atoms. The summed E-state index contributed by atoms with van der Waals surface area (Å²) in [6, 6.07) is 1.09. The topological polar surface area (TPSA) is 33.1 Å². The molecule has 1 heterocycles. The van der Waals surface area contributed by atoms with E-state index in [1.807, 2.05) is 0 Å². The molecule has 0 aromatic carbocycles. The van der Waals surface area contributed by atoms with Crippen LogP contribution in [0.3, 0.4) is 0 Å². The lowest BCUT2D eigenvalue weighted by atomic mass is 10.2. The summed E-state index contributed by atoms with van der Waals surface area (Å²) in [6.45, 7) is -0.364. The van der Waals surface area contributed by atoms with Crippen molar-refractivity contribution in [1.29, 1.82) is 0 Å². The quantitative estimate of drug-likeness (QED) is 0.781. The largest absolute Gasteiger partial charge is 0.390 e. The summed E-state index contributed by atoms with van der Waals surface area (Å²) in [5.41, 5.74) is -0.106. The maximum Gasteiger partial charge on any atom is 0.265 e. The molecule has 1 rings (SSSR count). The molecule has 1 aromatic rings. The summed E-state index contributed by atoms with van der Waals surface area (Å²) in [5.74, 6) is 0. The third-order valence-electron chi connectivity index (χ3n) is 1.34. The van der Waals surface area contributed by atoms with Crippen molar-refractivity contribution in [3.05, 3.63) is 28.5 Å². The second-order valence-corrected chi connectivity index (χ2v) is 2.56. The lowest BCUT2D eigenvalue weighted by Crippen LogP contribution is -1.93. The van der Waals surface area contributed by atoms with Gasteiger partial charge in [-0.3, -0.25) is 4.98 Å². The maximum atomic E-state index is 12.2. The van der Waals surface area contributed by atoms with E-state index in [-0.39, 0.29) is 22.9 Å². The maximum absolute atomic E-state index is 12.2. The molecule has 0 bridgehead atoms. The van der Waals surface area contributed by atoms with Crippen molar-refractivity contribution >= 4 is 11.6 Å². The molecule has 0 aliphatic carbocycles. The zero-order chi connectivity index (χ0) is 9.14. The Balaban J connectivity index is 3.08. The normalized spacial score (nSPS) is 10.8. The van der Waals surface area contributed by atoms with Gasteiger partial charge >= 0.3 is 0 Å². The zero-order valence-corrected chi connectivity index (χ0v) is 6.72. The fourth-order valence-corrected chi connectivity index (χ4v) is 0.939. The Hall–Kier alpha value is -0.740. The molecule has 0 fully saturated rings. The number of aromatic nitrogens is 1. The number of hydrogen-bond acceptors (Lipinski definition) is 2. The number of rotatable bonds is 2. The Labute approximate surface area is 72.8 Å². The molecule has 2 nitrogen and oxygen atoms in total. The van der Waals surface area contributed by atoms with Crippen molar-refractivity contribution < 1.29 is 13.9 Å². The highest BCUT2D eigenvalue weighted by Crippen LogP contribution is 2.26. The first-order valence-corrected chi connectivity index (χ1v) is 3.56. The predicted molar refractivity (Wildman–Crippen MR) is 40.1 cm³/mol. The first kappa shape index (κ1) is 9.35. The highest BCUT2D eigenvalue weighted by atomic mass is 35.5. The Bertz CT molecular complexity index is 280. The molecule has 1 aromatic heterocycles. The molecular weight excluding hydrogens is 188 g/mol. The van der Waals surface area contributed by atoms with Gasteiger partial charge in [-0.25, -0.2) is 8.78 Å². The van der Waals surface area contributed by atoms with Gasteiger partial charge in [0.1, 0.15) is 0 Å². The molecule has 0 aliphatic rings. The number of nitrogens with zero attached hydrogens (tertiary/aromatic N) is 1. The minimum atomic E-state index is -2.63. The number of pyridine rings is 1. The van der Waals surface area contributed by atoms with Gasteiger partial charge in [-0.05, 0) is 6.07 Å². The van der Waals surface area contributed by atoms with Gasteiger partial charge < -0.3 is 5.11 Å². The second-order valence-electron chi connectivity index (χ2n) is 2.16. The monoisotopic (exact) mass is 193 g/mol. The molecule has 0 spiro atoms. The van der Waals surface area contributed by atoms with E-state index in [9.17, 15) is 8.78 Å². The average molecular weight is 194 g/mol. The van der Waals surface area contributed by atoms with Gasteiger partial charge in [-0.2, -0.15) is 0 Å². The second kappa shape index (κ2) is 3.78.